The Morgan fingerprint density at radius 3 is 2.51 bits per heavy atom. The Morgan fingerprint density at radius 2 is 1.78 bits per heavy atom. The zero-order valence-electron chi connectivity index (χ0n) is 29.4. The Balaban J connectivity index is 1.02. The van der Waals surface area contributed by atoms with Gasteiger partial charge >= 0.3 is 0 Å². The minimum absolute atomic E-state index is 0.269. The van der Waals surface area contributed by atoms with Crippen molar-refractivity contribution in [2.75, 3.05) is 38.4 Å². The highest BCUT2D eigenvalue weighted by molar-refractivity contribution is 5.67. The third-order valence-electron chi connectivity index (χ3n) is 10.1. The molecule has 0 spiro atoms. The summed E-state index contributed by atoms with van der Waals surface area (Å²) in [4.78, 5) is 12.1. The number of hydrogen-bond donors (Lipinski definition) is 1. The van der Waals surface area contributed by atoms with Crippen molar-refractivity contribution in [1.82, 2.24) is 44.9 Å². The highest BCUT2D eigenvalue weighted by atomic mass is 16.5. The molecule has 1 saturated carbocycles. The van der Waals surface area contributed by atoms with Crippen LogP contribution in [0.25, 0.3) is 11.1 Å². The van der Waals surface area contributed by atoms with E-state index in [1.54, 1.807) is 23.1 Å². The lowest BCUT2D eigenvalue weighted by Gasteiger charge is -2.51. The van der Waals surface area contributed by atoms with E-state index in [4.69, 9.17) is 24.0 Å². The van der Waals surface area contributed by atoms with Crippen molar-refractivity contribution in [3.63, 3.8) is 0 Å². The molecule has 2 aliphatic heterocycles. The Labute approximate surface area is 298 Å². The first-order valence-electron chi connectivity index (χ1n) is 18.2. The van der Waals surface area contributed by atoms with Gasteiger partial charge in [0, 0.05) is 55.7 Å². The molecule has 3 fully saturated rings. The lowest BCUT2D eigenvalue weighted by molar-refractivity contribution is -0.100. The molecular weight excluding hydrogens is 650 g/mol. The largest absolute Gasteiger partial charge is 0.487 e. The van der Waals surface area contributed by atoms with Gasteiger partial charge in [0.15, 0.2) is 0 Å². The lowest BCUT2D eigenvalue weighted by atomic mass is 9.85. The van der Waals surface area contributed by atoms with Gasteiger partial charge in [0.2, 0.25) is 5.95 Å². The number of piperidine rings is 1. The molecule has 15 heteroatoms. The molecule has 7 rings (SSSR count). The summed E-state index contributed by atoms with van der Waals surface area (Å²) in [6.45, 7) is 7.91. The summed E-state index contributed by atoms with van der Waals surface area (Å²) < 4.78 is 27.4. The van der Waals surface area contributed by atoms with Gasteiger partial charge in [0.25, 0.3) is 5.88 Å². The number of aromatic nitrogens is 8. The molecule has 3 aliphatic rings. The average molecular weight is 698 g/mol. The van der Waals surface area contributed by atoms with E-state index in [0.717, 1.165) is 62.1 Å². The van der Waals surface area contributed by atoms with Crippen LogP contribution in [0, 0.1) is 11.3 Å². The number of ether oxygens (including phenoxy) is 4. The van der Waals surface area contributed by atoms with Gasteiger partial charge in [-0.05, 0) is 80.5 Å². The predicted octanol–water partition coefficient (Wildman–Crippen LogP) is 4.95. The molecular formula is C36H47N11O4. The monoisotopic (exact) mass is 697 g/mol. The molecule has 1 aliphatic carbocycles. The Kier molecular flexibility index (Phi) is 11.3. The Hall–Kier alpha value is -4.65. The molecule has 270 valence electrons. The topological polar surface area (TPSA) is 163 Å². The standard InChI is InChI=1S/C36H47N11O4/c1-3-48-14-5-15-50-35-33(21-46(42-35)29-10-12-30(13-11-29)47-31-6-4-7-32(47)23-49-22-31)41-36-38-18-28(19-39-36)26-8-9-27(17-37)34(16-26)51-25(2)20-45-24-40-43-44-45/h8-9,16,18-19,21,24-25,29-32H,3-7,10-15,20,22-23H2,1-2H3,(H,38,39,41)/t25-,29-,30-,31+,32+/m0/s1. The van der Waals surface area contributed by atoms with Crippen molar-refractivity contribution < 1.29 is 18.9 Å². The summed E-state index contributed by atoms with van der Waals surface area (Å²) >= 11 is 0. The van der Waals surface area contributed by atoms with Crippen LogP contribution in [0.4, 0.5) is 11.6 Å². The fourth-order valence-electron chi connectivity index (χ4n) is 7.65. The van der Waals surface area contributed by atoms with Crippen LogP contribution in [0.2, 0.25) is 0 Å². The number of nitrogens with zero attached hydrogens (tertiary/aromatic N) is 10. The fraction of sp³-hybridized carbons (Fsp3) is 0.583. The first-order valence-corrected chi connectivity index (χ1v) is 18.2. The third kappa shape index (κ3) is 8.46. The van der Waals surface area contributed by atoms with E-state index in [9.17, 15) is 5.26 Å². The molecule has 51 heavy (non-hydrogen) atoms. The molecule has 3 atom stereocenters. The van der Waals surface area contributed by atoms with Gasteiger partial charge in [0.05, 0.1) is 44.2 Å². The molecule has 1 N–H and O–H groups in total. The van der Waals surface area contributed by atoms with Gasteiger partial charge in [-0.3, -0.25) is 9.58 Å². The van der Waals surface area contributed by atoms with E-state index in [0.29, 0.717) is 73.7 Å². The molecule has 5 heterocycles. The number of morpholine rings is 1. The maximum Gasteiger partial charge on any atom is 0.256 e. The maximum absolute atomic E-state index is 9.69. The average Bonchev–Trinajstić information content (AvgIpc) is 3.81. The molecule has 4 aromatic rings. The number of anilines is 2. The Morgan fingerprint density at radius 1 is 1.00 bits per heavy atom. The summed E-state index contributed by atoms with van der Waals surface area (Å²) in [5.74, 6) is 1.44. The zero-order chi connectivity index (χ0) is 35.0. The summed E-state index contributed by atoms with van der Waals surface area (Å²) in [5.41, 5.74) is 2.78. The lowest BCUT2D eigenvalue weighted by Crippen LogP contribution is -2.59. The van der Waals surface area contributed by atoms with Crippen LogP contribution in [-0.4, -0.2) is 102 Å². The number of fused-ring (bicyclic) bond motifs is 2. The van der Waals surface area contributed by atoms with E-state index >= 15 is 0 Å². The molecule has 3 aromatic heterocycles. The van der Waals surface area contributed by atoms with Gasteiger partial charge in [-0.1, -0.05) is 12.5 Å². The Bertz CT molecular complexity index is 1710. The zero-order valence-corrected chi connectivity index (χ0v) is 29.4. The number of hydrogen-bond acceptors (Lipinski definition) is 13. The van der Waals surface area contributed by atoms with Gasteiger partial charge in [-0.25, -0.2) is 14.6 Å². The van der Waals surface area contributed by atoms with Crippen LogP contribution < -0.4 is 14.8 Å². The van der Waals surface area contributed by atoms with Crippen LogP contribution in [-0.2, 0) is 16.0 Å². The van der Waals surface area contributed by atoms with Crippen LogP contribution in [0.15, 0.2) is 43.1 Å². The molecule has 15 nitrogen and oxygen atoms in total. The number of rotatable bonds is 15. The quantitative estimate of drug-likeness (QED) is 0.166. The molecule has 1 aromatic carbocycles. The van der Waals surface area contributed by atoms with Crippen LogP contribution in [0.1, 0.15) is 76.8 Å². The highest BCUT2D eigenvalue weighted by Gasteiger charge is 2.40. The molecule has 2 bridgehead atoms. The molecule has 0 unspecified atom stereocenters. The molecule has 2 saturated heterocycles. The van der Waals surface area contributed by atoms with E-state index in [2.05, 4.69) is 46.5 Å². The first-order chi connectivity index (χ1) is 25.1. The number of nitriles is 1. The number of nitrogens with one attached hydrogen (secondary N) is 1. The van der Waals surface area contributed by atoms with Crippen molar-refractivity contribution >= 4 is 11.6 Å². The number of benzene rings is 1. The maximum atomic E-state index is 9.69. The van der Waals surface area contributed by atoms with Gasteiger partial charge < -0.3 is 24.3 Å². The first kappa shape index (κ1) is 34.8. The fourth-order valence-corrected chi connectivity index (χ4v) is 7.65. The minimum atomic E-state index is -0.269. The SMILES string of the molecule is CCOCCCOc1nn([C@H]2CC[C@H](N3[C@@H]4CCC[C@@H]3COC4)CC2)cc1Nc1ncc(-c2ccc(C#N)c(O[C@@H](C)Cn3cnnn3)c2)cn1. The van der Waals surface area contributed by atoms with Gasteiger partial charge in [-0.2, -0.15) is 5.26 Å². The third-order valence-corrected chi connectivity index (χ3v) is 10.1. The van der Waals surface area contributed by atoms with Crippen LogP contribution >= 0.6 is 0 Å². The van der Waals surface area contributed by atoms with Gasteiger partial charge in [-0.15, -0.1) is 10.2 Å². The van der Waals surface area contributed by atoms with E-state index < -0.39 is 0 Å². The van der Waals surface area contributed by atoms with Crippen molar-refractivity contribution in [2.45, 2.75) is 102 Å². The van der Waals surface area contributed by atoms with E-state index in [-0.39, 0.29) is 6.10 Å². The van der Waals surface area contributed by atoms with Crippen LogP contribution in [0.5, 0.6) is 11.6 Å². The second-order valence-electron chi connectivity index (χ2n) is 13.6. The molecule has 0 amide bonds. The minimum Gasteiger partial charge on any atom is -0.487 e. The van der Waals surface area contributed by atoms with Gasteiger partial charge in [0.1, 0.15) is 29.9 Å². The van der Waals surface area contributed by atoms with Crippen LogP contribution in [0.3, 0.4) is 0 Å². The highest BCUT2D eigenvalue weighted by Crippen LogP contribution is 2.39. The number of tetrazole rings is 1. The smallest absolute Gasteiger partial charge is 0.256 e. The van der Waals surface area contributed by atoms with Crippen molar-refractivity contribution in [3.8, 4) is 28.8 Å². The second-order valence-corrected chi connectivity index (χ2v) is 13.6. The van der Waals surface area contributed by atoms with Crippen molar-refractivity contribution in [3.05, 3.63) is 48.7 Å². The molecule has 0 radical (unpaired) electrons. The predicted molar refractivity (Wildman–Crippen MR) is 188 cm³/mol. The summed E-state index contributed by atoms with van der Waals surface area (Å²) in [7, 11) is 0. The van der Waals surface area contributed by atoms with E-state index in [1.165, 1.54) is 25.6 Å². The van der Waals surface area contributed by atoms with Crippen molar-refractivity contribution in [1.29, 1.82) is 5.26 Å². The van der Waals surface area contributed by atoms with Crippen molar-refractivity contribution in [2.24, 2.45) is 0 Å². The second kappa shape index (κ2) is 16.6. The summed E-state index contributed by atoms with van der Waals surface area (Å²) in [6, 6.07) is 9.72. The summed E-state index contributed by atoms with van der Waals surface area (Å²) in [6.07, 6.45) is 15.9. The summed E-state index contributed by atoms with van der Waals surface area (Å²) in [5, 5.41) is 29.2. The normalized spacial score (nSPS) is 22.6. The van der Waals surface area contributed by atoms with E-state index in [1.807, 2.05) is 32.2 Å².